The lowest BCUT2D eigenvalue weighted by Crippen LogP contribution is -2.39. The molecule has 0 unspecified atom stereocenters. The molecule has 7 nitrogen and oxygen atoms in total. The van der Waals surface area contributed by atoms with E-state index in [1.165, 1.54) is 16.2 Å². The number of methoxy groups -OCH3 is 1. The van der Waals surface area contributed by atoms with E-state index in [2.05, 4.69) is 15.3 Å². The van der Waals surface area contributed by atoms with Gasteiger partial charge in [0.05, 0.1) is 37.1 Å². The third-order valence-electron chi connectivity index (χ3n) is 4.91. The number of carbonyl (C=O) groups excluding carboxylic acids is 1. The third kappa shape index (κ3) is 4.72. The first-order valence-corrected chi connectivity index (χ1v) is 10.3. The quantitative estimate of drug-likeness (QED) is 0.613. The van der Waals surface area contributed by atoms with E-state index in [0.717, 1.165) is 27.6 Å². The predicted octanol–water partition coefficient (Wildman–Crippen LogP) is 3.88. The maximum atomic E-state index is 12.5. The Kier molecular flexibility index (Phi) is 5.71. The van der Waals surface area contributed by atoms with Crippen molar-refractivity contribution in [3.63, 3.8) is 0 Å². The molecule has 0 spiro atoms. The van der Waals surface area contributed by atoms with Crippen LogP contribution in [0.2, 0.25) is 0 Å². The minimum Gasteiger partial charge on any atom is -0.494 e. The zero-order chi connectivity index (χ0) is 22.2. The molecule has 0 aliphatic carbocycles. The molecule has 0 saturated heterocycles. The standard InChI is InChI=1S/C20H20F3N5O2S/c1-12-8-28(11-24-12)15-4-3-13(7-16(15)30-2)25-19-26-14-5-6-27(9-17(14)31-19)10-18(29)20(21,22)23/h3-4,7-8,11H,5-6,9-10H2,1-2H3,(H,25,26). The molecule has 0 saturated carbocycles. The van der Waals surface area contributed by atoms with Gasteiger partial charge in [0.2, 0.25) is 5.78 Å². The third-order valence-corrected chi connectivity index (χ3v) is 5.91. The number of rotatable bonds is 6. The van der Waals surface area contributed by atoms with Gasteiger partial charge < -0.3 is 14.6 Å². The lowest BCUT2D eigenvalue weighted by atomic mass is 10.1. The van der Waals surface area contributed by atoms with Crippen LogP contribution in [0.4, 0.5) is 24.0 Å². The Morgan fingerprint density at radius 1 is 1.35 bits per heavy atom. The lowest BCUT2D eigenvalue weighted by molar-refractivity contribution is -0.172. The molecular formula is C20H20F3N5O2S. The Labute approximate surface area is 180 Å². The summed E-state index contributed by atoms with van der Waals surface area (Å²) in [6.07, 6.45) is -0.693. The molecular weight excluding hydrogens is 431 g/mol. The molecule has 11 heteroatoms. The number of ether oxygens (including phenoxy) is 1. The van der Waals surface area contributed by atoms with E-state index in [-0.39, 0.29) is 6.54 Å². The number of hydrogen-bond donors (Lipinski definition) is 1. The van der Waals surface area contributed by atoms with Crippen LogP contribution in [0.15, 0.2) is 30.7 Å². The number of benzene rings is 1. The van der Waals surface area contributed by atoms with Crippen LogP contribution < -0.4 is 10.1 Å². The summed E-state index contributed by atoms with van der Waals surface area (Å²) >= 11 is 1.37. The average Bonchev–Trinajstić information content (AvgIpc) is 3.32. The van der Waals surface area contributed by atoms with Crippen LogP contribution in [0.25, 0.3) is 5.69 Å². The first kappa shape index (κ1) is 21.3. The number of nitrogens with zero attached hydrogens (tertiary/aromatic N) is 4. The molecule has 1 aliphatic rings. The van der Waals surface area contributed by atoms with Crippen LogP contribution >= 0.6 is 11.3 Å². The van der Waals surface area contributed by atoms with Crippen LogP contribution in [0, 0.1) is 6.92 Å². The maximum Gasteiger partial charge on any atom is 0.451 e. The van der Waals surface area contributed by atoms with Crippen molar-refractivity contribution in [2.75, 3.05) is 25.5 Å². The van der Waals surface area contributed by atoms with Crippen molar-refractivity contribution in [3.05, 3.63) is 47.0 Å². The van der Waals surface area contributed by atoms with Gasteiger partial charge in [0.1, 0.15) is 5.75 Å². The number of halogens is 3. The van der Waals surface area contributed by atoms with E-state index in [0.29, 0.717) is 23.8 Å². The minimum absolute atomic E-state index is 0.277. The van der Waals surface area contributed by atoms with Gasteiger partial charge in [-0.15, -0.1) is 11.3 Å². The molecule has 0 atom stereocenters. The molecule has 0 amide bonds. The summed E-state index contributed by atoms with van der Waals surface area (Å²) in [5, 5.41) is 3.88. The highest BCUT2D eigenvalue weighted by molar-refractivity contribution is 7.15. The highest BCUT2D eigenvalue weighted by Crippen LogP contribution is 2.33. The van der Waals surface area contributed by atoms with Crippen LogP contribution in [-0.2, 0) is 17.8 Å². The summed E-state index contributed by atoms with van der Waals surface area (Å²) in [5.74, 6) is -1.07. The summed E-state index contributed by atoms with van der Waals surface area (Å²) in [6, 6.07) is 5.64. The number of anilines is 2. The monoisotopic (exact) mass is 451 g/mol. The molecule has 0 bridgehead atoms. The zero-order valence-corrected chi connectivity index (χ0v) is 17.7. The fourth-order valence-electron chi connectivity index (χ4n) is 3.37. The number of carbonyl (C=O) groups is 1. The minimum atomic E-state index is -4.80. The number of aromatic nitrogens is 3. The summed E-state index contributed by atoms with van der Waals surface area (Å²) in [7, 11) is 1.59. The normalized spacial score (nSPS) is 14.4. The summed E-state index contributed by atoms with van der Waals surface area (Å²) in [6.45, 7) is 1.92. The van der Waals surface area contributed by atoms with Crippen molar-refractivity contribution in [1.29, 1.82) is 0 Å². The Bertz CT molecular complexity index is 1110. The topological polar surface area (TPSA) is 72.3 Å². The number of hydrogen-bond acceptors (Lipinski definition) is 7. The van der Waals surface area contributed by atoms with Gasteiger partial charge in [0.15, 0.2) is 5.13 Å². The second-order valence-electron chi connectivity index (χ2n) is 7.20. The molecule has 3 aromatic rings. The summed E-state index contributed by atoms with van der Waals surface area (Å²) in [4.78, 5) is 22.4. The van der Waals surface area contributed by atoms with Crippen molar-refractivity contribution in [2.24, 2.45) is 0 Å². The number of Topliss-reactive ketones (excluding diaryl/α,β-unsaturated/α-hetero) is 1. The summed E-state index contributed by atoms with van der Waals surface area (Å²) < 4.78 is 45.0. The fraction of sp³-hybridized carbons (Fsp3) is 0.350. The number of fused-ring (bicyclic) bond motifs is 1. The van der Waals surface area contributed by atoms with Crippen LogP contribution in [0.3, 0.4) is 0 Å². The van der Waals surface area contributed by atoms with E-state index in [4.69, 9.17) is 4.74 Å². The van der Waals surface area contributed by atoms with Crippen LogP contribution in [-0.4, -0.2) is 51.6 Å². The van der Waals surface area contributed by atoms with E-state index < -0.39 is 18.5 Å². The van der Waals surface area contributed by atoms with E-state index in [1.807, 2.05) is 35.9 Å². The van der Waals surface area contributed by atoms with E-state index in [1.54, 1.807) is 13.4 Å². The highest BCUT2D eigenvalue weighted by Gasteiger charge is 2.39. The number of imidazole rings is 1. The van der Waals surface area contributed by atoms with Gasteiger partial charge in [-0.2, -0.15) is 13.2 Å². The van der Waals surface area contributed by atoms with Gasteiger partial charge in [-0.05, 0) is 19.1 Å². The lowest BCUT2D eigenvalue weighted by Gasteiger charge is -2.25. The van der Waals surface area contributed by atoms with Crippen molar-refractivity contribution in [2.45, 2.75) is 26.1 Å². The van der Waals surface area contributed by atoms with Crippen molar-refractivity contribution in [1.82, 2.24) is 19.4 Å². The summed E-state index contributed by atoms with van der Waals surface area (Å²) in [5.41, 5.74) is 3.36. The largest absolute Gasteiger partial charge is 0.494 e. The SMILES string of the molecule is COc1cc(Nc2nc3c(s2)CN(CC(=O)C(F)(F)F)CC3)ccc1-n1cnc(C)c1. The van der Waals surface area contributed by atoms with Crippen LogP contribution in [0.1, 0.15) is 16.3 Å². The second kappa shape index (κ2) is 8.31. The van der Waals surface area contributed by atoms with Gasteiger partial charge >= 0.3 is 6.18 Å². The molecule has 1 aliphatic heterocycles. The Morgan fingerprint density at radius 2 is 2.16 bits per heavy atom. The molecule has 1 aromatic carbocycles. The second-order valence-corrected chi connectivity index (χ2v) is 8.29. The number of thiazole rings is 1. The average molecular weight is 451 g/mol. The molecule has 0 fully saturated rings. The smallest absolute Gasteiger partial charge is 0.451 e. The number of alkyl halides is 3. The number of ketones is 1. The Morgan fingerprint density at radius 3 is 2.84 bits per heavy atom. The first-order chi connectivity index (χ1) is 14.7. The van der Waals surface area contributed by atoms with Crippen molar-refractivity contribution in [3.8, 4) is 11.4 Å². The van der Waals surface area contributed by atoms with Crippen molar-refractivity contribution < 1.29 is 22.7 Å². The van der Waals surface area contributed by atoms with E-state index in [9.17, 15) is 18.0 Å². The van der Waals surface area contributed by atoms with Crippen molar-refractivity contribution >= 4 is 27.9 Å². The zero-order valence-electron chi connectivity index (χ0n) is 16.9. The van der Waals surface area contributed by atoms with Gasteiger partial charge in [0, 0.05) is 42.3 Å². The van der Waals surface area contributed by atoms with Gasteiger partial charge in [0.25, 0.3) is 0 Å². The highest BCUT2D eigenvalue weighted by atomic mass is 32.1. The number of nitrogens with one attached hydrogen (secondary N) is 1. The first-order valence-electron chi connectivity index (χ1n) is 9.50. The number of aryl methyl sites for hydroxylation is 1. The predicted molar refractivity (Wildman–Crippen MR) is 110 cm³/mol. The van der Waals surface area contributed by atoms with Gasteiger partial charge in [-0.3, -0.25) is 9.69 Å². The van der Waals surface area contributed by atoms with Gasteiger partial charge in [-0.25, -0.2) is 9.97 Å². The fourth-order valence-corrected chi connectivity index (χ4v) is 4.45. The molecule has 4 rings (SSSR count). The molecule has 164 valence electrons. The molecule has 2 aromatic heterocycles. The van der Waals surface area contributed by atoms with E-state index >= 15 is 0 Å². The van der Waals surface area contributed by atoms with Gasteiger partial charge in [-0.1, -0.05) is 0 Å². The van der Waals surface area contributed by atoms with Crippen LogP contribution in [0.5, 0.6) is 5.75 Å². The molecule has 31 heavy (non-hydrogen) atoms. The Balaban J connectivity index is 1.47. The Hall–Kier alpha value is -2.92. The molecule has 1 N–H and O–H groups in total. The molecule has 0 radical (unpaired) electrons. The molecule has 3 heterocycles. The maximum absolute atomic E-state index is 12.5.